The second-order valence-electron chi connectivity index (χ2n) is 4.86. The molecule has 2 fully saturated rings. The van der Waals surface area contributed by atoms with E-state index in [1.807, 2.05) is 0 Å². The van der Waals surface area contributed by atoms with E-state index >= 15 is 0 Å². The molecule has 1 saturated heterocycles. The molecule has 1 saturated carbocycles. The Morgan fingerprint density at radius 2 is 2.00 bits per heavy atom. The third kappa shape index (κ3) is 3.04. The van der Waals surface area contributed by atoms with Gasteiger partial charge in [0.25, 0.3) is 0 Å². The van der Waals surface area contributed by atoms with Crippen LogP contribution in [-0.4, -0.2) is 30.8 Å². The van der Waals surface area contributed by atoms with Crippen LogP contribution in [0.15, 0.2) is 0 Å². The topological polar surface area (TPSA) is 58.2 Å². The smallest absolute Gasteiger partial charge is 0.223 e. The number of piperidine rings is 1. The van der Waals surface area contributed by atoms with Gasteiger partial charge in [-0.1, -0.05) is 0 Å². The van der Waals surface area contributed by atoms with Crippen molar-refractivity contribution in [3.05, 3.63) is 0 Å². The molecule has 2 N–H and O–H groups in total. The fraction of sp³-hybridized carbons (Fsp3) is 0.833. The molecule has 0 aromatic rings. The summed E-state index contributed by atoms with van der Waals surface area (Å²) in [6.45, 7) is 1.95. The SMILES string of the molecule is O=C1CCC(C(=O)NC2CCCNC2)CC1. The van der Waals surface area contributed by atoms with Crippen molar-refractivity contribution in [2.75, 3.05) is 13.1 Å². The normalized spacial score (nSPS) is 27.8. The Labute approximate surface area is 96.2 Å². The van der Waals surface area contributed by atoms with Crippen LogP contribution in [0.25, 0.3) is 0 Å². The van der Waals surface area contributed by atoms with Crippen LogP contribution in [0.3, 0.4) is 0 Å². The van der Waals surface area contributed by atoms with Crippen LogP contribution in [0, 0.1) is 5.92 Å². The molecule has 2 rings (SSSR count). The highest BCUT2D eigenvalue weighted by atomic mass is 16.2. The Hall–Kier alpha value is -0.900. The van der Waals surface area contributed by atoms with Gasteiger partial charge < -0.3 is 10.6 Å². The highest BCUT2D eigenvalue weighted by Crippen LogP contribution is 2.21. The summed E-state index contributed by atoms with van der Waals surface area (Å²) in [5.74, 6) is 0.532. The van der Waals surface area contributed by atoms with E-state index in [-0.39, 0.29) is 11.8 Å². The standard InChI is InChI=1S/C12H20N2O2/c15-11-5-3-9(4-6-11)12(16)14-10-2-1-7-13-8-10/h9-10,13H,1-8H2,(H,14,16). The lowest BCUT2D eigenvalue weighted by Gasteiger charge is -2.27. The monoisotopic (exact) mass is 224 g/mol. The van der Waals surface area contributed by atoms with E-state index in [2.05, 4.69) is 10.6 Å². The van der Waals surface area contributed by atoms with Crippen LogP contribution < -0.4 is 10.6 Å². The Kier molecular flexibility index (Phi) is 3.93. The summed E-state index contributed by atoms with van der Waals surface area (Å²) in [6, 6.07) is 0.291. The molecule has 90 valence electrons. The van der Waals surface area contributed by atoms with Gasteiger partial charge in [-0.25, -0.2) is 0 Å². The number of hydrogen-bond donors (Lipinski definition) is 2. The molecule has 1 amide bonds. The molecular weight excluding hydrogens is 204 g/mol. The van der Waals surface area contributed by atoms with Crippen molar-refractivity contribution in [1.29, 1.82) is 0 Å². The summed E-state index contributed by atoms with van der Waals surface area (Å²) in [5, 5.41) is 6.37. The molecule has 0 aromatic carbocycles. The Bertz CT molecular complexity index is 262. The van der Waals surface area contributed by atoms with E-state index in [4.69, 9.17) is 0 Å². The molecule has 16 heavy (non-hydrogen) atoms. The van der Waals surface area contributed by atoms with E-state index in [0.29, 0.717) is 24.7 Å². The molecule has 1 atom stereocenters. The second kappa shape index (κ2) is 5.43. The first kappa shape index (κ1) is 11.6. The van der Waals surface area contributed by atoms with Crippen molar-refractivity contribution >= 4 is 11.7 Å². The van der Waals surface area contributed by atoms with E-state index in [9.17, 15) is 9.59 Å². The summed E-state index contributed by atoms with van der Waals surface area (Å²) in [6.07, 6.45) is 4.86. The number of rotatable bonds is 2. The summed E-state index contributed by atoms with van der Waals surface area (Å²) >= 11 is 0. The number of carbonyl (C=O) groups is 2. The van der Waals surface area contributed by atoms with Crippen molar-refractivity contribution in [2.24, 2.45) is 5.92 Å². The minimum Gasteiger partial charge on any atom is -0.352 e. The maximum Gasteiger partial charge on any atom is 0.223 e. The predicted molar refractivity (Wildman–Crippen MR) is 61.0 cm³/mol. The van der Waals surface area contributed by atoms with Crippen molar-refractivity contribution in [2.45, 2.75) is 44.6 Å². The van der Waals surface area contributed by atoms with Gasteiger partial charge in [0.2, 0.25) is 5.91 Å². The number of amides is 1. The Morgan fingerprint density at radius 3 is 2.62 bits per heavy atom. The molecule has 0 bridgehead atoms. The maximum absolute atomic E-state index is 11.9. The van der Waals surface area contributed by atoms with E-state index in [0.717, 1.165) is 38.8 Å². The molecule has 0 spiro atoms. The third-order valence-corrected chi connectivity index (χ3v) is 3.56. The van der Waals surface area contributed by atoms with E-state index in [1.165, 1.54) is 0 Å². The van der Waals surface area contributed by atoms with E-state index < -0.39 is 0 Å². The molecule has 1 unspecified atom stereocenters. The molecule has 4 heteroatoms. The van der Waals surface area contributed by atoms with Crippen molar-refractivity contribution in [3.8, 4) is 0 Å². The third-order valence-electron chi connectivity index (χ3n) is 3.56. The lowest BCUT2D eigenvalue weighted by atomic mass is 9.87. The van der Waals surface area contributed by atoms with Gasteiger partial charge in [0, 0.05) is 31.3 Å². The molecule has 1 aliphatic heterocycles. The summed E-state index contributed by atoms with van der Waals surface area (Å²) in [4.78, 5) is 23.0. The largest absolute Gasteiger partial charge is 0.352 e. The number of ketones is 1. The highest BCUT2D eigenvalue weighted by molar-refractivity contribution is 5.84. The van der Waals surface area contributed by atoms with E-state index in [1.54, 1.807) is 0 Å². The van der Waals surface area contributed by atoms with Crippen molar-refractivity contribution in [3.63, 3.8) is 0 Å². The average Bonchev–Trinajstić information content (AvgIpc) is 2.31. The molecule has 1 aliphatic carbocycles. The number of carbonyl (C=O) groups excluding carboxylic acids is 2. The van der Waals surface area contributed by atoms with Gasteiger partial charge in [0.05, 0.1) is 0 Å². The zero-order valence-corrected chi connectivity index (χ0v) is 9.63. The highest BCUT2D eigenvalue weighted by Gasteiger charge is 2.26. The number of hydrogen-bond acceptors (Lipinski definition) is 3. The minimum atomic E-state index is 0.0691. The van der Waals surface area contributed by atoms with Gasteiger partial charge in [0.1, 0.15) is 5.78 Å². The van der Waals surface area contributed by atoms with Gasteiger partial charge in [-0.3, -0.25) is 9.59 Å². The van der Waals surface area contributed by atoms with Gasteiger partial charge in [-0.15, -0.1) is 0 Å². The minimum absolute atomic E-state index is 0.0691. The Morgan fingerprint density at radius 1 is 1.25 bits per heavy atom. The molecule has 0 aromatic heterocycles. The van der Waals surface area contributed by atoms with Crippen LogP contribution in [-0.2, 0) is 9.59 Å². The second-order valence-corrected chi connectivity index (χ2v) is 4.86. The number of Topliss-reactive ketones (excluding diaryl/α,β-unsaturated/α-hetero) is 1. The van der Waals surface area contributed by atoms with Crippen LogP contribution in [0.4, 0.5) is 0 Å². The first-order valence-corrected chi connectivity index (χ1v) is 6.28. The average molecular weight is 224 g/mol. The maximum atomic E-state index is 11.9. The first-order valence-electron chi connectivity index (χ1n) is 6.28. The molecule has 1 heterocycles. The molecular formula is C12H20N2O2. The lowest BCUT2D eigenvalue weighted by molar-refractivity contribution is -0.129. The summed E-state index contributed by atoms with van der Waals surface area (Å²) in [7, 11) is 0. The van der Waals surface area contributed by atoms with Crippen LogP contribution in [0.1, 0.15) is 38.5 Å². The number of nitrogens with one attached hydrogen (secondary N) is 2. The van der Waals surface area contributed by atoms with Crippen molar-refractivity contribution < 1.29 is 9.59 Å². The zero-order chi connectivity index (χ0) is 11.4. The van der Waals surface area contributed by atoms with Crippen LogP contribution >= 0.6 is 0 Å². The predicted octanol–water partition coefficient (Wildman–Crippen LogP) is 0.614. The van der Waals surface area contributed by atoms with Crippen LogP contribution in [0.2, 0.25) is 0 Å². The zero-order valence-electron chi connectivity index (χ0n) is 9.63. The van der Waals surface area contributed by atoms with Gasteiger partial charge in [0.15, 0.2) is 0 Å². The summed E-state index contributed by atoms with van der Waals surface area (Å²) in [5.41, 5.74) is 0. The molecule has 0 radical (unpaired) electrons. The van der Waals surface area contributed by atoms with Gasteiger partial charge >= 0.3 is 0 Å². The fourth-order valence-corrected chi connectivity index (χ4v) is 2.50. The lowest BCUT2D eigenvalue weighted by Crippen LogP contribution is -2.47. The fourth-order valence-electron chi connectivity index (χ4n) is 2.50. The van der Waals surface area contributed by atoms with Gasteiger partial charge in [-0.05, 0) is 32.2 Å². The molecule has 4 nitrogen and oxygen atoms in total. The quantitative estimate of drug-likeness (QED) is 0.722. The van der Waals surface area contributed by atoms with Gasteiger partial charge in [-0.2, -0.15) is 0 Å². The summed E-state index contributed by atoms with van der Waals surface area (Å²) < 4.78 is 0. The van der Waals surface area contributed by atoms with Crippen molar-refractivity contribution in [1.82, 2.24) is 10.6 Å². The van der Waals surface area contributed by atoms with Crippen LogP contribution in [0.5, 0.6) is 0 Å². The first-order chi connectivity index (χ1) is 7.75. The Balaban J connectivity index is 1.76. The molecule has 2 aliphatic rings.